The highest BCUT2D eigenvalue weighted by Crippen LogP contribution is 2.31. The number of carbonyl (C=O) groups is 1. The largest absolute Gasteiger partial charge is 0.388 e. The minimum absolute atomic E-state index is 0.0605. The molecular weight excluding hydrogens is 278 g/mol. The number of piperidine rings is 1. The molecule has 2 aliphatic rings. The maximum atomic E-state index is 12.2. The molecule has 2 heterocycles. The SMILES string of the molecule is Cc1ccc(N2CCC(C(=O)NCC3(O)CCC3)CC2)nc1. The van der Waals surface area contributed by atoms with E-state index in [0.717, 1.165) is 56.6 Å². The van der Waals surface area contributed by atoms with Crippen LogP contribution >= 0.6 is 0 Å². The van der Waals surface area contributed by atoms with Crippen LogP contribution in [0, 0.1) is 12.8 Å². The lowest BCUT2D eigenvalue weighted by atomic mass is 9.80. The lowest BCUT2D eigenvalue weighted by Gasteiger charge is -2.37. The molecule has 5 heteroatoms. The van der Waals surface area contributed by atoms with Crippen molar-refractivity contribution in [1.82, 2.24) is 10.3 Å². The monoisotopic (exact) mass is 303 g/mol. The topological polar surface area (TPSA) is 65.5 Å². The maximum Gasteiger partial charge on any atom is 0.223 e. The first-order chi connectivity index (χ1) is 10.6. The Hall–Kier alpha value is -1.62. The van der Waals surface area contributed by atoms with Gasteiger partial charge in [-0.25, -0.2) is 4.98 Å². The minimum Gasteiger partial charge on any atom is -0.388 e. The summed E-state index contributed by atoms with van der Waals surface area (Å²) in [5, 5.41) is 13.0. The van der Waals surface area contributed by atoms with E-state index in [0.29, 0.717) is 6.54 Å². The van der Waals surface area contributed by atoms with Gasteiger partial charge in [-0.3, -0.25) is 4.79 Å². The third kappa shape index (κ3) is 3.40. The van der Waals surface area contributed by atoms with Crippen molar-refractivity contribution in [2.45, 2.75) is 44.6 Å². The standard InChI is InChI=1S/C17H25N3O2/c1-13-3-4-15(18-11-13)20-9-5-14(6-10-20)16(21)19-12-17(22)7-2-8-17/h3-4,11,14,22H,2,5-10,12H2,1H3,(H,19,21). The fourth-order valence-electron chi connectivity index (χ4n) is 3.18. The molecule has 0 aromatic carbocycles. The van der Waals surface area contributed by atoms with Crippen molar-refractivity contribution >= 4 is 11.7 Å². The van der Waals surface area contributed by atoms with Crippen LogP contribution in [0.2, 0.25) is 0 Å². The second-order valence-electron chi connectivity index (χ2n) is 6.75. The number of carbonyl (C=O) groups excluding carboxylic acids is 1. The Morgan fingerprint density at radius 2 is 2.14 bits per heavy atom. The first-order valence-corrected chi connectivity index (χ1v) is 8.23. The van der Waals surface area contributed by atoms with Gasteiger partial charge in [0.2, 0.25) is 5.91 Å². The van der Waals surface area contributed by atoms with E-state index >= 15 is 0 Å². The number of nitrogens with zero attached hydrogens (tertiary/aromatic N) is 2. The number of rotatable bonds is 4. The Balaban J connectivity index is 1.46. The van der Waals surface area contributed by atoms with Crippen LogP contribution in [-0.4, -0.2) is 41.2 Å². The molecule has 5 nitrogen and oxygen atoms in total. The van der Waals surface area contributed by atoms with Crippen LogP contribution in [0.4, 0.5) is 5.82 Å². The van der Waals surface area contributed by atoms with Crippen molar-refractivity contribution in [3.63, 3.8) is 0 Å². The number of pyridine rings is 1. The zero-order valence-corrected chi connectivity index (χ0v) is 13.2. The van der Waals surface area contributed by atoms with Crippen LogP contribution in [0.3, 0.4) is 0 Å². The minimum atomic E-state index is -0.637. The molecule has 2 N–H and O–H groups in total. The van der Waals surface area contributed by atoms with E-state index in [1.807, 2.05) is 19.2 Å². The number of aliphatic hydroxyl groups is 1. The van der Waals surface area contributed by atoms with Gasteiger partial charge in [0.15, 0.2) is 0 Å². The predicted molar refractivity (Wildman–Crippen MR) is 85.7 cm³/mol. The van der Waals surface area contributed by atoms with E-state index in [1.165, 1.54) is 0 Å². The first kappa shape index (κ1) is 15.3. The van der Waals surface area contributed by atoms with Gasteiger partial charge in [0, 0.05) is 31.7 Å². The molecule has 1 aliphatic carbocycles. The van der Waals surface area contributed by atoms with Gasteiger partial charge in [-0.2, -0.15) is 0 Å². The van der Waals surface area contributed by atoms with E-state index in [-0.39, 0.29) is 11.8 Å². The summed E-state index contributed by atoms with van der Waals surface area (Å²) in [6, 6.07) is 4.11. The molecule has 2 fully saturated rings. The van der Waals surface area contributed by atoms with Crippen molar-refractivity contribution in [2.75, 3.05) is 24.5 Å². The zero-order valence-electron chi connectivity index (χ0n) is 13.2. The Labute approximate surface area is 131 Å². The van der Waals surface area contributed by atoms with E-state index in [2.05, 4.69) is 21.3 Å². The van der Waals surface area contributed by atoms with Crippen molar-refractivity contribution < 1.29 is 9.90 Å². The molecule has 0 unspecified atom stereocenters. The van der Waals surface area contributed by atoms with Crippen LogP contribution in [0.5, 0.6) is 0 Å². The molecule has 0 radical (unpaired) electrons. The zero-order chi connectivity index (χ0) is 15.6. The quantitative estimate of drug-likeness (QED) is 0.887. The number of aryl methyl sites for hydroxylation is 1. The average Bonchev–Trinajstić information content (AvgIpc) is 2.52. The summed E-state index contributed by atoms with van der Waals surface area (Å²) in [5.74, 6) is 1.15. The summed E-state index contributed by atoms with van der Waals surface area (Å²) < 4.78 is 0. The molecule has 1 saturated heterocycles. The van der Waals surface area contributed by atoms with Gasteiger partial charge in [-0.15, -0.1) is 0 Å². The second-order valence-corrected chi connectivity index (χ2v) is 6.75. The van der Waals surface area contributed by atoms with Gasteiger partial charge in [0.25, 0.3) is 0 Å². The van der Waals surface area contributed by atoms with Gasteiger partial charge >= 0.3 is 0 Å². The summed E-state index contributed by atoms with van der Waals surface area (Å²) in [6.07, 6.45) is 6.26. The highest BCUT2D eigenvalue weighted by molar-refractivity contribution is 5.79. The Morgan fingerprint density at radius 3 is 2.68 bits per heavy atom. The first-order valence-electron chi connectivity index (χ1n) is 8.23. The third-order valence-corrected chi connectivity index (χ3v) is 4.96. The van der Waals surface area contributed by atoms with Gasteiger partial charge < -0.3 is 15.3 Å². The van der Waals surface area contributed by atoms with Crippen molar-refractivity contribution in [2.24, 2.45) is 5.92 Å². The molecule has 0 bridgehead atoms. The summed E-state index contributed by atoms with van der Waals surface area (Å²) in [7, 11) is 0. The van der Waals surface area contributed by atoms with Crippen LogP contribution in [-0.2, 0) is 4.79 Å². The van der Waals surface area contributed by atoms with Gasteiger partial charge in [0.1, 0.15) is 5.82 Å². The van der Waals surface area contributed by atoms with Crippen LogP contribution < -0.4 is 10.2 Å². The van der Waals surface area contributed by atoms with E-state index in [4.69, 9.17) is 0 Å². The number of nitrogens with one attached hydrogen (secondary N) is 1. The molecule has 1 aromatic heterocycles. The molecule has 120 valence electrons. The van der Waals surface area contributed by atoms with Crippen molar-refractivity contribution in [3.05, 3.63) is 23.9 Å². The predicted octanol–water partition coefficient (Wildman–Crippen LogP) is 1.64. The summed E-state index contributed by atoms with van der Waals surface area (Å²) >= 11 is 0. The molecular formula is C17H25N3O2. The van der Waals surface area contributed by atoms with E-state index < -0.39 is 5.60 Å². The Kier molecular flexibility index (Phi) is 4.34. The number of hydrogen-bond acceptors (Lipinski definition) is 4. The van der Waals surface area contributed by atoms with Crippen LogP contribution in [0.1, 0.15) is 37.7 Å². The maximum absolute atomic E-state index is 12.2. The summed E-state index contributed by atoms with van der Waals surface area (Å²) in [5.41, 5.74) is 0.522. The molecule has 22 heavy (non-hydrogen) atoms. The van der Waals surface area contributed by atoms with Crippen LogP contribution in [0.25, 0.3) is 0 Å². The lowest BCUT2D eigenvalue weighted by Crippen LogP contribution is -2.50. The number of anilines is 1. The fourth-order valence-corrected chi connectivity index (χ4v) is 3.18. The lowest BCUT2D eigenvalue weighted by molar-refractivity contribution is -0.128. The summed E-state index contributed by atoms with van der Waals surface area (Å²) in [6.45, 7) is 4.16. The number of hydrogen-bond donors (Lipinski definition) is 2. The highest BCUT2D eigenvalue weighted by atomic mass is 16.3. The molecule has 0 atom stereocenters. The van der Waals surface area contributed by atoms with Crippen molar-refractivity contribution in [1.29, 1.82) is 0 Å². The fraction of sp³-hybridized carbons (Fsp3) is 0.647. The molecule has 3 rings (SSSR count). The van der Waals surface area contributed by atoms with E-state index in [9.17, 15) is 9.90 Å². The Morgan fingerprint density at radius 1 is 1.41 bits per heavy atom. The average molecular weight is 303 g/mol. The van der Waals surface area contributed by atoms with Gasteiger partial charge in [0.05, 0.1) is 5.60 Å². The number of amides is 1. The van der Waals surface area contributed by atoms with Crippen molar-refractivity contribution in [3.8, 4) is 0 Å². The van der Waals surface area contributed by atoms with Gasteiger partial charge in [-0.05, 0) is 50.7 Å². The molecule has 1 saturated carbocycles. The molecule has 1 aromatic rings. The molecule has 0 spiro atoms. The normalized spacial score (nSPS) is 21.3. The van der Waals surface area contributed by atoms with Crippen LogP contribution in [0.15, 0.2) is 18.3 Å². The summed E-state index contributed by atoms with van der Waals surface area (Å²) in [4.78, 5) is 18.9. The van der Waals surface area contributed by atoms with Gasteiger partial charge in [-0.1, -0.05) is 6.07 Å². The third-order valence-electron chi connectivity index (χ3n) is 4.96. The number of aromatic nitrogens is 1. The highest BCUT2D eigenvalue weighted by Gasteiger charge is 2.35. The van der Waals surface area contributed by atoms with E-state index in [1.54, 1.807) is 0 Å². The second kappa shape index (κ2) is 6.24. The Bertz CT molecular complexity index is 517. The molecule has 1 amide bonds. The molecule has 1 aliphatic heterocycles. The smallest absolute Gasteiger partial charge is 0.223 e.